The zero-order valence-electron chi connectivity index (χ0n) is 14.6. The normalized spacial score (nSPS) is 11.0. The molecule has 0 unspecified atom stereocenters. The van der Waals surface area contributed by atoms with E-state index in [4.69, 9.17) is 15.2 Å². The Labute approximate surface area is 162 Å². The number of carbonyl (C=O) groups excluding carboxylic acids is 2. The maximum atomic E-state index is 12.6. The lowest BCUT2D eigenvalue weighted by atomic mass is 10.2. The number of aromatic nitrogens is 1. The molecule has 0 fully saturated rings. The maximum Gasteiger partial charge on any atom is 0.447 e. The molecule has 0 atom stereocenters. The Bertz CT molecular complexity index is 862. The SMILES string of the molecule is COc1cc(CNC(=O)c2cccnc2SC(F)(F)F)ccc1OCC(N)=O. The van der Waals surface area contributed by atoms with Gasteiger partial charge in [0.15, 0.2) is 18.1 Å². The molecule has 0 spiro atoms. The number of hydrogen-bond acceptors (Lipinski definition) is 6. The van der Waals surface area contributed by atoms with Gasteiger partial charge in [-0.25, -0.2) is 4.98 Å². The number of carbonyl (C=O) groups is 2. The highest BCUT2D eigenvalue weighted by molar-refractivity contribution is 8.00. The summed E-state index contributed by atoms with van der Waals surface area (Å²) in [5, 5.41) is 2.10. The third kappa shape index (κ3) is 6.34. The van der Waals surface area contributed by atoms with Crippen LogP contribution >= 0.6 is 11.8 Å². The molecule has 0 aliphatic heterocycles. The minimum absolute atomic E-state index is 0.0241. The summed E-state index contributed by atoms with van der Waals surface area (Å²) in [6.07, 6.45) is 1.18. The van der Waals surface area contributed by atoms with Crippen molar-refractivity contribution in [3.8, 4) is 11.5 Å². The van der Waals surface area contributed by atoms with Crippen LogP contribution in [0.25, 0.3) is 0 Å². The van der Waals surface area contributed by atoms with Gasteiger partial charge in [0, 0.05) is 24.5 Å². The number of rotatable bonds is 8. The highest BCUT2D eigenvalue weighted by Gasteiger charge is 2.32. The zero-order chi connectivity index (χ0) is 20.7. The highest BCUT2D eigenvalue weighted by Crippen LogP contribution is 2.37. The van der Waals surface area contributed by atoms with Crippen molar-refractivity contribution < 1.29 is 32.2 Å². The van der Waals surface area contributed by atoms with Crippen LogP contribution in [-0.2, 0) is 11.3 Å². The van der Waals surface area contributed by atoms with E-state index in [1.165, 1.54) is 31.5 Å². The van der Waals surface area contributed by atoms with Crippen molar-refractivity contribution in [1.82, 2.24) is 10.3 Å². The second kappa shape index (κ2) is 9.31. The molecule has 3 N–H and O–H groups in total. The van der Waals surface area contributed by atoms with E-state index in [1.54, 1.807) is 12.1 Å². The van der Waals surface area contributed by atoms with Gasteiger partial charge in [0.1, 0.15) is 5.03 Å². The van der Waals surface area contributed by atoms with Crippen LogP contribution in [0.3, 0.4) is 0 Å². The second-order valence-electron chi connectivity index (χ2n) is 5.33. The molecule has 150 valence electrons. The molecule has 1 aromatic carbocycles. The number of hydrogen-bond donors (Lipinski definition) is 2. The Morgan fingerprint density at radius 2 is 2.00 bits per heavy atom. The van der Waals surface area contributed by atoms with Crippen molar-refractivity contribution in [2.24, 2.45) is 5.73 Å². The Balaban J connectivity index is 2.08. The minimum Gasteiger partial charge on any atom is -0.493 e. The van der Waals surface area contributed by atoms with Crippen LogP contribution in [0.1, 0.15) is 15.9 Å². The third-order valence-electron chi connectivity index (χ3n) is 3.28. The molecule has 28 heavy (non-hydrogen) atoms. The molecule has 0 aliphatic rings. The first-order valence-corrected chi connectivity index (χ1v) is 8.58. The Kier molecular flexibility index (Phi) is 7.10. The maximum absolute atomic E-state index is 12.6. The van der Waals surface area contributed by atoms with Crippen LogP contribution in [0.15, 0.2) is 41.6 Å². The number of pyridine rings is 1. The number of benzene rings is 1. The molecule has 11 heteroatoms. The smallest absolute Gasteiger partial charge is 0.447 e. The molecule has 2 aromatic rings. The predicted molar refractivity (Wildman–Crippen MR) is 95.0 cm³/mol. The van der Waals surface area contributed by atoms with Crippen LogP contribution in [0.4, 0.5) is 13.2 Å². The van der Waals surface area contributed by atoms with E-state index in [0.717, 1.165) is 0 Å². The van der Waals surface area contributed by atoms with E-state index in [2.05, 4.69) is 10.3 Å². The standard InChI is InChI=1S/C17H16F3N3O4S/c1-26-13-7-10(4-5-12(13)27-9-14(21)24)8-23-15(25)11-3-2-6-22-16(11)28-17(18,19)20/h2-7H,8-9H2,1H3,(H2,21,24)(H,23,25). The number of thioether (sulfide) groups is 1. The van der Waals surface area contributed by atoms with Gasteiger partial charge in [-0.1, -0.05) is 6.07 Å². The van der Waals surface area contributed by atoms with Gasteiger partial charge in [-0.05, 0) is 29.8 Å². The second-order valence-corrected chi connectivity index (χ2v) is 6.38. The van der Waals surface area contributed by atoms with Crippen LogP contribution in [0.2, 0.25) is 0 Å². The van der Waals surface area contributed by atoms with E-state index >= 15 is 0 Å². The van der Waals surface area contributed by atoms with Gasteiger partial charge in [0.2, 0.25) is 0 Å². The van der Waals surface area contributed by atoms with Crippen molar-refractivity contribution in [2.75, 3.05) is 13.7 Å². The quantitative estimate of drug-likeness (QED) is 0.642. The number of nitrogens with one attached hydrogen (secondary N) is 1. The Morgan fingerprint density at radius 3 is 2.64 bits per heavy atom. The minimum atomic E-state index is -4.56. The molecule has 0 bridgehead atoms. The van der Waals surface area contributed by atoms with Gasteiger partial charge < -0.3 is 20.5 Å². The summed E-state index contributed by atoms with van der Waals surface area (Å²) < 4.78 is 48.2. The van der Waals surface area contributed by atoms with Crippen molar-refractivity contribution >= 4 is 23.6 Å². The first kappa shape index (κ1) is 21.4. The first-order valence-electron chi connectivity index (χ1n) is 7.76. The summed E-state index contributed by atoms with van der Waals surface area (Å²) >= 11 is -0.453. The van der Waals surface area contributed by atoms with Crippen LogP contribution in [-0.4, -0.2) is 36.0 Å². The fourth-order valence-corrected chi connectivity index (χ4v) is 2.73. The number of methoxy groups -OCH3 is 1. The van der Waals surface area contributed by atoms with Crippen molar-refractivity contribution in [1.29, 1.82) is 0 Å². The molecule has 2 amide bonds. The number of nitrogens with zero attached hydrogens (tertiary/aromatic N) is 1. The summed E-state index contributed by atoms with van der Waals surface area (Å²) in [5.41, 5.74) is 0.881. The van der Waals surface area contributed by atoms with E-state index in [1.807, 2.05) is 0 Å². The van der Waals surface area contributed by atoms with Gasteiger partial charge in [-0.3, -0.25) is 9.59 Å². The lowest BCUT2D eigenvalue weighted by Crippen LogP contribution is -2.24. The van der Waals surface area contributed by atoms with Gasteiger partial charge in [0.25, 0.3) is 11.8 Å². The van der Waals surface area contributed by atoms with Crippen molar-refractivity contribution in [3.63, 3.8) is 0 Å². The number of nitrogens with two attached hydrogens (primary N) is 1. The predicted octanol–water partition coefficient (Wildman–Crippen LogP) is 2.50. The molecular weight excluding hydrogens is 399 g/mol. The zero-order valence-corrected chi connectivity index (χ0v) is 15.4. The van der Waals surface area contributed by atoms with E-state index in [-0.39, 0.29) is 24.5 Å². The van der Waals surface area contributed by atoms with Crippen molar-refractivity contribution in [3.05, 3.63) is 47.7 Å². The molecule has 0 aliphatic carbocycles. The largest absolute Gasteiger partial charge is 0.493 e. The number of ether oxygens (including phenoxy) is 2. The monoisotopic (exact) mass is 415 g/mol. The Morgan fingerprint density at radius 1 is 1.25 bits per heavy atom. The van der Waals surface area contributed by atoms with Gasteiger partial charge in [0.05, 0.1) is 12.7 Å². The molecule has 0 saturated heterocycles. The number of amides is 2. The molecular formula is C17H16F3N3O4S. The summed E-state index contributed by atoms with van der Waals surface area (Å²) in [4.78, 5) is 26.7. The van der Waals surface area contributed by atoms with Gasteiger partial charge in [-0.2, -0.15) is 13.2 Å². The van der Waals surface area contributed by atoms with Crippen molar-refractivity contribution in [2.45, 2.75) is 17.1 Å². The van der Waals surface area contributed by atoms with Crippen LogP contribution in [0.5, 0.6) is 11.5 Å². The van der Waals surface area contributed by atoms with E-state index < -0.39 is 34.1 Å². The number of primary amides is 1. The van der Waals surface area contributed by atoms with Crippen LogP contribution in [0, 0.1) is 0 Å². The topological polar surface area (TPSA) is 104 Å². The number of halogens is 3. The molecule has 1 aromatic heterocycles. The van der Waals surface area contributed by atoms with Crippen LogP contribution < -0.4 is 20.5 Å². The van der Waals surface area contributed by atoms with Gasteiger partial charge >= 0.3 is 5.51 Å². The van der Waals surface area contributed by atoms with E-state index in [9.17, 15) is 22.8 Å². The lowest BCUT2D eigenvalue weighted by Gasteiger charge is -2.13. The summed E-state index contributed by atoms with van der Waals surface area (Å²) in [5.74, 6) is -0.759. The molecule has 7 nitrogen and oxygen atoms in total. The summed E-state index contributed by atoms with van der Waals surface area (Å²) in [7, 11) is 1.39. The molecule has 1 heterocycles. The van der Waals surface area contributed by atoms with E-state index in [0.29, 0.717) is 11.3 Å². The average Bonchev–Trinajstić information content (AvgIpc) is 2.63. The third-order valence-corrected chi connectivity index (χ3v) is 4.03. The molecule has 0 saturated carbocycles. The lowest BCUT2D eigenvalue weighted by molar-refractivity contribution is -0.119. The summed E-state index contributed by atoms with van der Waals surface area (Å²) in [6.45, 7) is -0.302. The molecule has 2 rings (SSSR count). The fourth-order valence-electron chi connectivity index (χ4n) is 2.12. The summed E-state index contributed by atoms with van der Waals surface area (Å²) in [6, 6.07) is 7.33. The Hall–Kier alpha value is -2.95. The fraction of sp³-hybridized carbons (Fsp3) is 0.235. The highest BCUT2D eigenvalue weighted by atomic mass is 32.2. The number of alkyl halides is 3. The average molecular weight is 415 g/mol. The first-order chi connectivity index (χ1) is 13.2. The molecule has 0 radical (unpaired) electrons. The van der Waals surface area contributed by atoms with Gasteiger partial charge in [-0.15, -0.1) is 0 Å².